The van der Waals surface area contributed by atoms with E-state index in [1.165, 1.54) is 0 Å². The van der Waals surface area contributed by atoms with Gasteiger partial charge in [0.15, 0.2) is 0 Å². The molecular formula is C12H25N3O2S. The minimum Gasteiger partial charge on any atom is -0.304 e. The summed E-state index contributed by atoms with van der Waals surface area (Å²) in [6.45, 7) is 7.78. The topological polar surface area (TPSA) is 52.7 Å². The Balaban J connectivity index is 1.88. The van der Waals surface area contributed by atoms with Gasteiger partial charge in [-0.2, -0.15) is 12.7 Å². The molecule has 6 heteroatoms. The van der Waals surface area contributed by atoms with Gasteiger partial charge in [-0.15, -0.1) is 0 Å². The van der Waals surface area contributed by atoms with E-state index >= 15 is 0 Å². The van der Waals surface area contributed by atoms with Crippen LogP contribution in [0, 0.1) is 11.3 Å². The molecule has 1 aliphatic carbocycles. The number of likely N-dealkylation sites (N-methyl/N-ethyl adjacent to an activating group) is 1. The SMILES string of the molecule is CC(C)C1(CNS(=O)(=O)N2CCN(C)CC2)CC1. The highest BCUT2D eigenvalue weighted by atomic mass is 32.2. The molecule has 0 bridgehead atoms. The van der Waals surface area contributed by atoms with E-state index in [0.29, 0.717) is 25.6 Å². The van der Waals surface area contributed by atoms with Crippen molar-refractivity contribution >= 4 is 10.2 Å². The van der Waals surface area contributed by atoms with Crippen LogP contribution in [0.2, 0.25) is 0 Å². The molecule has 2 fully saturated rings. The molecule has 0 unspecified atom stereocenters. The maximum absolute atomic E-state index is 12.2. The van der Waals surface area contributed by atoms with Gasteiger partial charge in [0.2, 0.25) is 0 Å². The van der Waals surface area contributed by atoms with Gasteiger partial charge in [0.1, 0.15) is 0 Å². The molecule has 0 aromatic carbocycles. The lowest BCUT2D eigenvalue weighted by molar-refractivity contribution is 0.220. The van der Waals surface area contributed by atoms with E-state index in [-0.39, 0.29) is 5.41 Å². The number of piperazine rings is 1. The summed E-state index contributed by atoms with van der Waals surface area (Å²) in [7, 11) is -1.25. The largest absolute Gasteiger partial charge is 0.304 e. The zero-order chi connectivity index (χ0) is 13.4. The van der Waals surface area contributed by atoms with Crippen molar-refractivity contribution in [2.75, 3.05) is 39.8 Å². The van der Waals surface area contributed by atoms with Crippen LogP contribution in [0.1, 0.15) is 26.7 Å². The zero-order valence-electron chi connectivity index (χ0n) is 11.6. The van der Waals surface area contributed by atoms with Crippen LogP contribution in [0.3, 0.4) is 0 Å². The highest BCUT2D eigenvalue weighted by molar-refractivity contribution is 7.87. The quantitative estimate of drug-likeness (QED) is 0.795. The smallest absolute Gasteiger partial charge is 0.279 e. The van der Waals surface area contributed by atoms with Crippen LogP contribution in [-0.4, -0.2) is 57.4 Å². The van der Waals surface area contributed by atoms with Crippen molar-refractivity contribution in [3.8, 4) is 0 Å². The summed E-state index contributed by atoms with van der Waals surface area (Å²) in [4.78, 5) is 2.16. The Morgan fingerprint density at radius 3 is 2.17 bits per heavy atom. The van der Waals surface area contributed by atoms with Crippen molar-refractivity contribution < 1.29 is 8.42 Å². The van der Waals surface area contributed by atoms with Gasteiger partial charge in [0.25, 0.3) is 10.2 Å². The van der Waals surface area contributed by atoms with Gasteiger partial charge in [-0.3, -0.25) is 0 Å². The van der Waals surface area contributed by atoms with Gasteiger partial charge in [-0.25, -0.2) is 4.72 Å². The Morgan fingerprint density at radius 1 is 1.17 bits per heavy atom. The van der Waals surface area contributed by atoms with Crippen LogP contribution >= 0.6 is 0 Å². The molecule has 0 amide bonds. The van der Waals surface area contributed by atoms with E-state index in [9.17, 15) is 8.42 Å². The number of hydrogen-bond donors (Lipinski definition) is 1. The first kappa shape index (κ1) is 14.2. The van der Waals surface area contributed by atoms with Crippen LogP contribution in [0.5, 0.6) is 0 Å². The van der Waals surface area contributed by atoms with E-state index in [2.05, 4.69) is 23.5 Å². The summed E-state index contributed by atoms with van der Waals surface area (Å²) < 4.78 is 28.8. The predicted molar refractivity (Wildman–Crippen MR) is 72.5 cm³/mol. The van der Waals surface area contributed by atoms with Gasteiger partial charge in [0, 0.05) is 32.7 Å². The van der Waals surface area contributed by atoms with Gasteiger partial charge in [0.05, 0.1) is 0 Å². The molecule has 1 heterocycles. The average Bonchev–Trinajstić information content (AvgIpc) is 3.08. The summed E-state index contributed by atoms with van der Waals surface area (Å²) >= 11 is 0. The molecule has 0 radical (unpaired) electrons. The molecule has 2 aliphatic rings. The summed E-state index contributed by atoms with van der Waals surface area (Å²) in [6, 6.07) is 0. The summed E-state index contributed by atoms with van der Waals surface area (Å²) in [6.07, 6.45) is 2.30. The molecular weight excluding hydrogens is 250 g/mol. The number of hydrogen-bond acceptors (Lipinski definition) is 3. The van der Waals surface area contributed by atoms with Crippen molar-refractivity contribution in [3.63, 3.8) is 0 Å². The minimum absolute atomic E-state index is 0.222. The molecule has 1 aliphatic heterocycles. The van der Waals surface area contributed by atoms with Crippen molar-refractivity contribution in [3.05, 3.63) is 0 Å². The molecule has 1 saturated heterocycles. The fourth-order valence-corrected chi connectivity index (χ4v) is 3.77. The van der Waals surface area contributed by atoms with E-state index < -0.39 is 10.2 Å². The summed E-state index contributed by atoms with van der Waals surface area (Å²) in [5, 5.41) is 0. The first-order valence-electron chi connectivity index (χ1n) is 6.79. The van der Waals surface area contributed by atoms with Gasteiger partial charge in [-0.1, -0.05) is 13.8 Å². The Hall–Kier alpha value is -0.170. The third-order valence-corrected chi connectivity index (χ3v) is 6.08. The van der Waals surface area contributed by atoms with Crippen molar-refractivity contribution in [2.24, 2.45) is 11.3 Å². The van der Waals surface area contributed by atoms with Gasteiger partial charge in [-0.05, 0) is 31.2 Å². The second-order valence-corrected chi connectivity index (χ2v) is 7.80. The standard InChI is InChI=1S/C12H25N3O2S/c1-11(2)12(4-5-12)10-13-18(16,17)15-8-6-14(3)7-9-15/h11,13H,4-10H2,1-3H3. The molecule has 106 valence electrons. The third kappa shape index (κ3) is 3.04. The molecule has 1 saturated carbocycles. The van der Waals surface area contributed by atoms with E-state index in [1.807, 2.05) is 7.05 Å². The lowest BCUT2D eigenvalue weighted by atomic mass is 9.93. The lowest BCUT2D eigenvalue weighted by Gasteiger charge is -2.32. The first-order chi connectivity index (χ1) is 8.36. The number of rotatable bonds is 5. The number of nitrogens with one attached hydrogen (secondary N) is 1. The van der Waals surface area contributed by atoms with Crippen LogP contribution in [-0.2, 0) is 10.2 Å². The molecule has 1 N–H and O–H groups in total. The second kappa shape index (κ2) is 5.07. The normalized spacial score (nSPS) is 25.6. The van der Waals surface area contributed by atoms with Crippen LogP contribution in [0.25, 0.3) is 0 Å². The lowest BCUT2D eigenvalue weighted by Crippen LogP contribution is -2.51. The maximum Gasteiger partial charge on any atom is 0.279 e. The van der Waals surface area contributed by atoms with E-state index in [1.54, 1.807) is 4.31 Å². The highest BCUT2D eigenvalue weighted by Gasteiger charge is 2.46. The van der Waals surface area contributed by atoms with Crippen molar-refractivity contribution in [1.29, 1.82) is 0 Å². The van der Waals surface area contributed by atoms with Gasteiger partial charge < -0.3 is 4.90 Å². The molecule has 2 rings (SSSR count). The zero-order valence-corrected chi connectivity index (χ0v) is 12.5. The minimum atomic E-state index is -3.28. The van der Waals surface area contributed by atoms with Crippen LogP contribution in [0.4, 0.5) is 0 Å². The summed E-state index contributed by atoms with van der Waals surface area (Å²) in [5.74, 6) is 0.549. The maximum atomic E-state index is 12.2. The van der Waals surface area contributed by atoms with Crippen molar-refractivity contribution in [2.45, 2.75) is 26.7 Å². The monoisotopic (exact) mass is 275 g/mol. The predicted octanol–water partition coefficient (Wildman–Crippen LogP) is 0.504. The molecule has 0 atom stereocenters. The van der Waals surface area contributed by atoms with Crippen molar-refractivity contribution in [1.82, 2.24) is 13.9 Å². The van der Waals surface area contributed by atoms with E-state index in [0.717, 1.165) is 25.9 Å². The first-order valence-corrected chi connectivity index (χ1v) is 8.23. The second-order valence-electron chi connectivity index (χ2n) is 6.05. The molecule has 18 heavy (non-hydrogen) atoms. The molecule has 0 aromatic heterocycles. The van der Waals surface area contributed by atoms with E-state index in [4.69, 9.17) is 0 Å². The Kier molecular flexibility index (Phi) is 4.02. The molecule has 0 spiro atoms. The summed E-state index contributed by atoms with van der Waals surface area (Å²) in [5.41, 5.74) is 0.222. The molecule has 5 nitrogen and oxygen atoms in total. The Labute approximate surface area is 111 Å². The fraction of sp³-hybridized carbons (Fsp3) is 1.00. The Morgan fingerprint density at radius 2 is 1.72 bits per heavy atom. The van der Waals surface area contributed by atoms with Crippen LogP contribution in [0.15, 0.2) is 0 Å². The number of nitrogens with zero attached hydrogens (tertiary/aromatic N) is 2. The van der Waals surface area contributed by atoms with Gasteiger partial charge >= 0.3 is 0 Å². The average molecular weight is 275 g/mol. The molecule has 0 aromatic rings. The third-order valence-electron chi connectivity index (χ3n) is 4.53. The fourth-order valence-electron chi connectivity index (χ4n) is 2.47. The van der Waals surface area contributed by atoms with Crippen LogP contribution < -0.4 is 4.72 Å². The Bertz CT molecular complexity index is 382. The highest BCUT2D eigenvalue weighted by Crippen LogP contribution is 2.51.